The van der Waals surface area contributed by atoms with E-state index in [1.807, 2.05) is 0 Å². The standard InChI is InChI=1S/C65H48N2/c1-45-60(49-26-12-4-13-27-49)62(51-30-16-6-17-31-51)64(63(52-32-18-7-19-33-52)61(45)50-28-14-5-15-29-50)53-40-38-47(39-41-53)54-34-20-36-56(42-54)59-44-58(48-24-10-3-11-25-48)66-65(67-59)57-37-21-35-55(43-57)46-22-8-2-9-23-46/h2-44,65,67H,1H3. The topological polar surface area (TPSA) is 24.4 Å². The second-order valence-electron chi connectivity index (χ2n) is 17.1. The third kappa shape index (κ3) is 8.34. The van der Waals surface area contributed by atoms with Crippen LogP contribution in [0.15, 0.2) is 266 Å². The fourth-order valence-electron chi connectivity index (χ4n) is 9.72. The van der Waals surface area contributed by atoms with Crippen molar-refractivity contribution in [2.24, 2.45) is 4.99 Å². The second-order valence-corrected chi connectivity index (χ2v) is 17.1. The number of allylic oxidation sites excluding steroid dienone is 1. The first kappa shape index (κ1) is 41.1. The van der Waals surface area contributed by atoms with E-state index >= 15 is 0 Å². The molecule has 0 spiro atoms. The molecule has 10 aromatic carbocycles. The highest BCUT2D eigenvalue weighted by Crippen LogP contribution is 2.52. The van der Waals surface area contributed by atoms with Gasteiger partial charge in [0, 0.05) is 5.70 Å². The van der Waals surface area contributed by atoms with Crippen LogP contribution in [0.4, 0.5) is 0 Å². The first-order valence-corrected chi connectivity index (χ1v) is 23.1. The molecule has 1 heterocycles. The Kier molecular flexibility index (Phi) is 11.3. The number of nitrogens with one attached hydrogen (secondary N) is 1. The summed E-state index contributed by atoms with van der Waals surface area (Å²) >= 11 is 0. The average molecular weight is 857 g/mol. The van der Waals surface area contributed by atoms with Gasteiger partial charge in [0.1, 0.15) is 6.17 Å². The quantitative estimate of drug-likeness (QED) is 0.146. The van der Waals surface area contributed by atoms with Crippen molar-refractivity contribution >= 4 is 11.4 Å². The summed E-state index contributed by atoms with van der Waals surface area (Å²) in [6.07, 6.45) is 1.92. The van der Waals surface area contributed by atoms with E-state index in [1.165, 1.54) is 66.8 Å². The van der Waals surface area contributed by atoms with Crippen molar-refractivity contribution in [1.82, 2.24) is 5.32 Å². The molecule has 0 saturated carbocycles. The molecule has 11 rings (SSSR count). The van der Waals surface area contributed by atoms with Gasteiger partial charge < -0.3 is 5.32 Å². The van der Waals surface area contributed by atoms with Crippen LogP contribution in [0.3, 0.4) is 0 Å². The van der Waals surface area contributed by atoms with E-state index in [4.69, 9.17) is 4.99 Å². The molecular weight excluding hydrogens is 809 g/mol. The summed E-state index contributed by atoms with van der Waals surface area (Å²) in [7, 11) is 0. The van der Waals surface area contributed by atoms with Crippen LogP contribution in [-0.2, 0) is 0 Å². The molecule has 1 N–H and O–H groups in total. The molecular formula is C65H48N2. The molecule has 2 heteroatoms. The normalized spacial score (nSPS) is 13.3. The first-order valence-electron chi connectivity index (χ1n) is 23.1. The molecule has 0 amide bonds. The minimum absolute atomic E-state index is 0.268. The van der Waals surface area contributed by atoms with Crippen molar-refractivity contribution < 1.29 is 0 Å². The Balaban J connectivity index is 1.04. The lowest BCUT2D eigenvalue weighted by atomic mass is 9.76. The molecule has 318 valence electrons. The molecule has 1 aliphatic rings. The summed E-state index contributed by atoms with van der Waals surface area (Å²) in [5.41, 5.74) is 23.3. The van der Waals surface area contributed by atoms with E-state index in [-0.39, 0.29) is 6.17 Å². The zero-order valence-corrected chi connectivity index (χ0v) is 37.4. The van der Waals surface area contributed by atoms with Crippen LogP contribution < -0.4 is 5.32 Å². The van der Waals surface area contributed by atoms with E-state index in [2.05, 4.69) is 273 Å². The van der Waals surface area contributed by atoms with Gasteiger partial charge in [0.25, 0.3) is 0 Å². The highest BCUT2D eigenvalue weighted by Gasteiger charge is 2.27. The Bertz CT molecular complexity index is 3270. The van der Waals surface area contributed by atoms with Gasteiger partial charge >= 0.3 is 0 Å². The van der Waals surface area contributed by atoms with E-state index < -0.39 is 0 Å². The third-order valence-electron chi connectivity index (χ3n) is 12.9. The van der Waals surface area contributed by atoms with Crippen molar-refractivity contribution in [2.75, 3.05) is 0 Å². The third-order valence-corrected chi connectivity index (χ3v) is 12.9. The molecule has 2 nitrogen and oxygen atoms in total. The van der Waals surface area contributed by atoms with E-state index in [0.717, 1.165) is 44.8 Å². The molecule has 0 radical (unpaired) electrons. The lowest BCUT2D eigenvalue weighted by molar-refractivity contribution is 0.664. The van der Waals surface area contributed by atoms with Gasteiger partial charge in [0.2, 0.25) is 0 Å². The first-order chi connectivity index (χ1) is 33.2. The van der Waals surface area contributed by atoms with E-state index in [1.54, 1.807) is 0 Å². The van der Waals surface area contributed by atoms with Gasteiger partial charge in [0.15, 0.2) is 0 Å². The molecule has 0 saturated heterocycles. The Morgan fingerprint density at radius 1 is 0.299 bits per heavy atom. The Morgan fingerprint density at radius 2 is 0.642 bits per heavy atom. The Hall–Kier alpha value is -8.59. The summed E-state index contributed by atoms with van der Waals surface area (Å²) in [6.45, 7) is 2.30. The lowest BCUT2D eigenvalue weighted by Gasteiger charge is -2.27. The summed E-state index contributed by atoms with van der Waals surface area (Å²) in [5, 5.41) is 3.83. The summed E-state index contributed by atoms with van der Waals surface area (Å²) < 4.78 is 0. The van der Waals surface area contributed by atoms with Crippen LogP contribution >= 0.6 is 0 Å². The summed E-state index contributed by atoms with van der Waals surface area (Å²) in [4.78, 5) is 5.30. The van der Waals surface area contributed by atoms with Crippen molar-refractivity contribution in [3.8, 4) is 77.9 Å². The van der Waals surface area contributed by atoms with Gasteiger partial charge in [-0.15, -0.1) is 0 Å². The maximum absolute atomic E-state index is 5.30. The van der Waals surface area contributed by atoms with Crippen molar-refractivity contribution in [1.29, 1.82) is 0 Å². The van der Waals surface area contributed by atoms with Gasteiger partial charge in [-0.1, -0.05) is 243 Å². The van der Waals surface area contributed by atoms with Crippen LogP contribution in [0, 0.1) is 6.92 Å². The van der Waals surface area contributed by atoms with Gasteiger partial charge in [-0.3, -0.25) is 4.99 Å². The van der Waals surface area contributed by atoms with Crippen LogP contribution in [-0.4, -0.2) is 5.71 Å². The van der Waals surface area contributed by atoms with Gasteiger partial charge in [-0.25, -0.2) is 0 Å². The maximum atomic E-state index is 5.30. The molecule has 1 atom stereocenters. The highest BCUT2D eigenvalue weighted by atomic mass is 15.1. The van der Waals surface area contributed by atoms with Gasteiger partial charge in [-0.2, -0.15) is 0 Å². The number of hydrogen-bond donors (Lipinski definition) is 1. The molecule has 0 fully saturated rings. The monoisotopic (exact) mass is 856 g/mol. The second kappa shape index (κ2) is 18.5. The maximum Gasteiger partial charge on any atom is 0.145 e. The largest absolute Gasteiger partial charge is 0.360 e. The zero-order valence-electron chi connectivity index (χ0n) is 37.4. The van der Waals surface area contributed by atoms with Gasteiger partial charge in [0.05, 0.1) is 5.71 Å². The number of aliphatic imine (C=N–C) groups is 1. The van der Waals surface area contributed by atoms with E-state index in [0.29, 0.717) is 0 Å². The predicted octanol–water partition coefficient (Wildman–Crippen LogP) is 16.8. The number of benzene rings is 10. The lowest BCUT2D eigenvalue weighted by Crippen LogP contribution is -2.24. The fourth-order valence-corrected chi connectivity index (χ4v) is 9.72. The minimum Gasteiger partial charge on any atom is -0.360 e. The summed E-state index contributed by atoms with van der Waals surface area (Å²) in [6, 6.07) is 91.5. The number of hydrogen-bond acceptors (Lipinski definition) is 2. The number of rotatable bonds is 10. The molecule has 0 bridgehead atoms. The van der Waals surface area contributed by atoms with Crippen LogP contribution in [0.25, 0.3) is 83.6 Å². The predicted molar refractivity (Wildman–Crippen MR) is 283 cm³/mol. The van der Waals surface area contributed by atoms with Gasteiger partial charge in [-0.05, 0) is 125 Å². The van der Waals surface area contributed by atoms with Crippen LogP contribution in [0.2, 0.25) is 0 Å². The molecule has 0 aliphatic carbocycles. The molecule has 67 heavy (non-hydrogen) atoms. The molecule has 1 unspecified atom stereocenters. The average Bonchev–Trinajstić information content (AvgIpc) is 3.42. The molecule has 1 aliphatic heterocycles. The number of nitrogens with zero attached hydrogens (tertiary/aromatic N) is 1. The zero-order chi connectivity index (χ0) is 44.9. The Morgan fingerprint density at radius 3 is 1.15 bits per heavy atom. The van der Waals surface area contributed by atoms with E-state index in [9.17, 15) is 0 Å². The van der Waals surface area contributed by atoms with Crippen molar-refractivity contribution in [3.05, 3.63) is 283 Å². The van der Waals surface area contributed by atoms with Crippen LogP contribution in [0.5, 0.6) is 0 Å². The highest BCUT2D eigenvalue weighted by molar-refractivity contribution is 6.13. The summed E-state index contributed by atoms with van der Waals surface area (Å²) in [5.74, 6) is 0. The minimum atomic E-state index is -0.268. The Labute approximate surface area is 394 Å². The van der Waals surface area contributed by atoms with Crippen molar-refractivity contribution in [3.63, 3.8) is 0 Å². The fraction of sp³-hybridized carbons (Fsp3) is 0.0308. The van der Waals surface area contributed by atoms with Crippen molar-refractivity contribution in [2.45, 2.75) is 13.1 Å². The smallest absolute Gasteiger partial charge is 0.145 e. The molecule has 0 aromatic heterocycles. The van der Waals surface area contributed by atoms with Crippen LogP contribution in [0.1, 0.15) is 28.4 Å². The molecule has 10 aromatic rings. The SMILES string of the molecule is Cc1c(-c2ccccc2)c(-c2ccccc2)c(-c2ccc(-c3cccc(C4=CC(c5ccccc5)=NC(c5cccc(-c6ccccc6)c5)N4)c3)cc2)c(-c2ccccc2)c1-c1ccccc1.